The number of aliphatic imine (C=N–C) groups is 2. The van der Waals surface area contributed by atoms with Crippen molar-refractivity contribution in [1.82, 2.24) is 10.2 Å². The number of aromatic nitrogens is 2. The highest BCUT2D eigenvalue weighted by Crippen LogP contribution is 2.39. The van der Waals surface area contributed by atoms with Crippen LogP contribution in [0.25, 0.3) is 10.9 Å². The summed E-state index contributed by atoms with van der Waals surface area (Å²) in [5.74, 6) is 0.577. The highest BCUT2D eigenvalue weighted by atomic mass is 16.1. The summed E-state index contributed by atoms with van der Waals surface area (Å²) >= 11 is 0. The summed E-state index contributed by atoms with van der Waals surface area (Å²) in [6, 6.07) is 5.55. The Morgan fingerprint density at radius 3 is 2.70 bits per heavy atom. The van der Waals surface area contributed by atoms with Crippen molar-refractivity contribution in [3.8, 4) is 0 Å². The van der Waals surface area contributed by atoms with Crippen molar-refractivity contribution < 1.29 is 0 Å². The largest absolute Gasteiger partial charge is 0.369 e. The van der Waals surface area contributed by atoms with Crippen LogP contribution in [0.2, 0.25) is 0 Å². The zero-order chi connectivity index (χ0) is 16.0. The van der Waals surface area contributed by atoms with Crippen molar-refractivity contribution in [2.75, 3.05) is 4.90 Å². The number of benzene rings is 1. The quantitative estimate of drug-likeness (QED) is 0.625. The van der Waals surface area contributed by atoms with Crippen LogP contribution in [0, 0.1) is 0 Å². The van der Waals surface area contributed by atoms with E-state index in [2.05, 4.69) is 20.2 Å². The van der Waals surface area contributed by atoms with Gasteiger partial charge in [-0.1, -0.05) is 6.42 Å². The van der Waals surface area contributed by atoms with Crippen LogP contribution in [-0.2, 0) is 0 Å². The fraction of sp³-hybridized carbons (Fsp3) is 0.400. The first-order valence-corrected chi connectivity index (χ1v) is 7.79. The van der Waals surface area contributed by atoms with Gasteiger partial charge in [-0.25, -0.2) is 4.99 Å². The first-order valence-electron chi connectivity index (χ1n) is 7.79. The molecule has 0 radical (unpaired) electrons. The minimum atomic E-state index is -0.474. The Bertz CT molecular complexity index is 869. The third-order valence-corrected chi connectivity index (χ3v) is 4.67. The van der Waals surface area contributed by atoms with E-state index >= 15 is 0 Å². The summed E-state index contributed by atoms with van der Waals surface area (Å²) in [7, 11) is 0. The van der Waals surface area contributed by atoms with Crippen LogP contribution in [0.4, 0.5) is 5.69 Å². The molecule has 0 bridgehead atoms. The summed E-state index contributed by atoms with van der Waals surface area (Å²) in [6.45, 7) is 0. The molecule has 6 N–H and O–H groups in total. The fourth-order valence-corrected chi connectivity index (χ4v) is 3.66. The second-order valence-electron chi connectivity index (χ2n) is 6.13. The number of aromatic amines is 2. The molecule has 1 aromatic carbocycles. The molecule has 0 unspecified atom stereocenters. The molecular formula is C15H19N7O. The summed E-state index contributed by atoms with van der Waals surface area (Å²) in [6.07, 6.45) is 5.09. The SMILES string of the molecule is NC1=NC2(CCCCC2)N(c2ccc3c(=O)[nH][nH]c3c2)C(N)=N1. The van der Waals surface area contributed by atoms with Gasteiger partial charge >= 0.3 is 0 Å². The van der Waals surface area contributed by atoms with Crippen molar-refractivity contribution in [1.29, 1.82) is 0 Å². The number of fused-ring (bicyclic) bond motifs is 1. The summed E-state index contributed by atoms with van der Waals surface area (Å²) < 4.78 is 0. The number of hydrogen-bond acceptors (Lipinski definition) is 6. The molecular weight excluding hydrogens is 294 g/mol. The average molecular weight is 313 g/mol. The van der Waals surface area contributed by atoms with E-state index in [-0.39, 0.29) is 11.5 Å². The number of nitrogens with zero attached hydrogens (tertiary/aromatic N) is 3. The van der Waals surface area contributed by atoms with Crippen LogP contribution in [0.5, 0.6) is 0 Å². The van der Waals surface area contributed by atoms with E-state index in [1.165, 1.54) is 6.42 Å². The Balaban J connectivity index is 1.85. The lowest BCUT2D eigenvalue weighted by Gasteiger charge is -2.45. The number of H-pyrrole nitrogens is 2. The van der Waals surface area contributed by atoms with Gasteiger partial charge in [0.15, 0.2) is 0 Å². The van der Waals surface area contributed by atoms with Crippen molar-refractivity contribution in [2.24, 2.45) is 21.5 Å². The van der Waals surface area contributed by atoms with Crippen LogP contribution in [0.1, 0.15) is 32.1 Å². The lowest BCUT2D eigenvalue weighted by Crippen LogP contribution is -2.58. The van der Waals surface area contributed by atoms with Crippen molar-refractivity contribution >= 4 is 28.5 Å². The van der Waals surface area contributed by atoms with Gasteiger partial charge in [0.1, 0.15) is 5.66 Å². The number of nitrogens with one attached hydrogen (secondary N) is 2. The number of guanidine groups is 2. The molecule has 2 aromatic rings. The van der Waals surface area contributed by atoms with Crippen LogP contribution in [0.3, 0.4) is 0 Å². The van der Waals surface area contributed by atoms with Gasteiger partial charge in [-0.3, -0.25) is 19.9 Å². The third-order valence-electron chi connectivity index (χ3n) is 4.67. The number of hydrogen-bond donors (Lipinski definition) is 4. The average Bonchev–Trinajstić information content (AvgIpc) is 2.88. The van der Waals surface area contributed by atoms with E-state index in [9.17, 15) is 4.79 Å². The van der Waals surface area contributed by atoms with Gasteiger partial charge in [0.05, 0.1) is 10.9 Å². The molecule has 2 aliphatic rings. The molecule has 120 valence electrons. The molecule has 8 nitrogen and oxygen atoms in total. The maximum absolute atomic E-state index is 11.7. The molecule has 0 amide bonds. The number of rotatable bonds is 1. The topological polar surface area (TPSA) is 129 Å². The lowest BCUT2D eigenvalue weighted by atomic mass is 9.87. The Hall–Kier alpha value is -2.77. The smallest absolute Gasteiger partial charge is 0.271 e. The van der Waals surface area contributed by atoms with Gasteiger partial charge in [-0.2, -0.15) is 4.99 Å². The molecule has 1 spiro atoms. The third kappa shape index (κ3) is 2.09. The van der Waals surface area contributed by atoms with E-state index in [0.29, 0.717) is 11.3 Å². The van der Waals surface area contributed by atoms with E-state index in [1.54, 1.807) is 6.07 Å². The number of anilines is 1. The van der Waals surface area contributed by atoms with Crippen LogP contribution < -0.4 is 21.9 Å². The molecule has 0 saturated heterocycles. The molecule has 4 rings (SSSR count). The molecule has 2 heterocycles. The first kappa shape index (κ1) is 13.9. The first-order chi connectivity index (χ1) is 11.1. The Morgan fingerprint density at radius 1 is 1.13 bits per heavy atom. The molecule has 0 atom stereocenters. The second-order valence-corrected chi connectivity index (χ2v) is 6.13. The second kappa shape index (κ2) is 4.87. The van der Waals surface area contributed by atoms with Gasteiger partial charge in [0, 0.05) is 5.69 Å². The molecule has 1 fully saturated rings. The maximum atomic E-state index is 11.7. The minimum Gasteiger partial charge on any atom is -0.369 e. The molecule has 1 saturated carbocycles. The van der Waals surface area contributed by atoms with E-state index in [1.807, 2.05) is 17.0 Å². The van der Waals surface area contributed by atoms with E-state index < -0.39 is 5.66 Å². The predicted molar refractivity (Wildman–Crippen MR) is 90.5 cm³/mol. The van der Waals surface area contributed by atoms with Gasteiger partial charge < -0.3 is 11.5 Å². The zero-order valence-electron chi connectivity index (χ0n) is 12.7. The van der Waals surface area contributed by atoms with Crippen molar-refractivity contribution in [2.45, 2.75) is 37.8 Å². The standard InChI is InChI=1S/C15H19N7O/c16-13-18-14(17)22(15(19-13)6-2-1-3-7-15)9-4-5-10-11(8-9)20-21-12(10)23/h4-5,8H,1-3,6-7H2,(H2,20,21,23)(H4,16,17,18,19). The fourth-order valence-electron chi connectivity index (χ4n) is 3.66. The van der Waals surface area contributed by atoms with E-state index in [0.717, 1.165) is 36.9 Å². The Morgan fingerprint density at radius 2 is 1.91 bits per heavy atom. The Kier molecular flexibility index (Phi) is 2.93. The van der Waals surface area contributed by atoms with Crippen LogP contribution in [-0.4, -0.2) is 27.8 Å². The lowest BCUT2D eigenvalue weighted by molar-refractivity contribution is 0.305. The summed E-state index contributed by atoms with van der Waals surface area (Å²) in [5.41, 5.74) is 13.0. The summed E-state index contributed by atoms with van der Waals surface area (Å²) in [4.78, 5) is 22.4. The zero-order valence-corrected chi connectivity index (χ0v) is 12.7. The van der Waals surface area contributed by atoms with Gasteiger partial charge in [-0.15, -0.1) is 0 Å². The van der Waals surface area contributed by atoms with Gasteiger partial charge in [-0.05, 0) is 43.9 Å². The maximum Gasteiger partial charge on any atom is 0.271 e. The number of nitrogens with two attached hydrogens (primary N) is 2. The van der Waals surface area contributed by atoms with Gasteiger partial charge in [0.25, 0.3) is 5.56 Å². The molecule has 1 aliphatic heterocycles. The summed E-state index contributed by atoms with van der Waals surface area (Å²) in [5, 5.41) is 6.08. The predicted octanol–water partition coefficient (Wildman–Crippen LogP) is 0.966. The van der Waals surface area contributed by atoms with Crippen molar-refractivity contribution in [3.05, 3.63) is 28.6 Å². The molecule has 1 aliphatic carbocycles. The Labute approximate surface area is 132 Å². The monoisotopic (exact) mass is 313 g/mol. The van der Waals surface area contributed by atoms with Crippen LogP contribution in [0.15, 0.2) is 33.0 Å². The highest BCUT2D eigenvalue weighted by Gasteiger charge is 2.42. The molecule has 23 heavy (non-hydrogen) atoms. The minimum absolute atomic E-state index is 0.138. The normalized spacial score (nSPS) is 20.6. The molecule has 8 heteroatoms. The van der Waals surface area contributed by atoms with Gasteiger partial charge in [0.2, 0.25) is 11.9 Å². The highest BCUT2D eigenvalue weighted by molar-refractivity contribution is 6.06. The van der Waals surface area contributed by atoms with Crippen LogP contribution >= 0.6 is 0 Å². The molecule has 1 aromatic heterocycles. The van der Waals surface area contributed by atoms with E-state index in [4.69, 9.17) is 11.5 Å². The van der Waals surface area contributed by atoms with Crippen molar-refractivity contribution in [3.63, 3.8) is 0 Å².